The molecule has 0 radical (unpaired) electrons. The Morgan fingerprint density at radius 2 is 1.79 bits per heavy atom. The monoisotopic (exact) mass is 397 g/mol. The van der Waals surface area contributed by atoms with Crippen LogP contribution in [0.15, 0.2) is 66.1 Å². The quantitative estimate of drug-likeness (QED) is 0.598. The molecule has 0 spiro atoms. The van der Waals surface area contributed by atoms with Crippen molar-refractivity contribution in [2.75, 3.05) is 17.9 Å². The molecule has 0 aromatic heterocycles. The molecule has 146 valence electrons. The highest BCUT2D eigenvalue weighted by molar-refractivity contribution is 7.95. The maximum Gasteiger partial charge on any atom is 0.255 e. The summed E-state index contributed by atoms with van der Waals surface area (Å²) in [5.41, 5.74) is 2.02. The van der Waals surface area contributed by atoms with Crippen LogP contribution in [0.2, 0.25) is 0 Å². The lowest BCUT2D eigenvalue weighted by Crippen LogP contribution is -2.13. The van der Waals surface area contributed by atoms with Crippen molar-refractivity contribution in [2.45, 2.75) is 13.3 Å². The summed E-state index contributed by atoms with van der Waals surface area (Å²) in [6.07, 6.45) is 2.17. The smallest absolute Gasteiger partial charge is 0.255 e. The van der Waals surface area contributed by atoms with Crippen LogP contribution in [0.25, 0.3) is 16.8 Å². The number of nitrogens with one attached hydrogen (secondary N) is 1. The molecule has 0 unspecified atom stereocenters. The summed E-state index contributed by atoms with van der Waals surface area (Å²) < 4.78 is 33.8. The minimum absolute atomic E-state index is 0.0751. The number of rotatable bonds is 8. The molecular formula is C22H23NO4S. The lowest BCUT2D eigenvalue weighted by molar-refractivity contribution is 0.203. The first-order valence-corrected chi connectivity index (χ1v) is 10.6. The van der Waals surface area contributed by atoms with Crippen LogP contribution in [-0.4, -0.2) is 26.7 Å². The van der Waals surface area contributed by atoms with Crippen LogP contribution in [0.1, 0.15) is 18.1 Å². The van der Waals surface area contributed by atoms with E-state index in [4.69, 9.17) is 4.74 Å². The van der Waals surface area contributed by atoms with Crippen molar-refractivity contribution in [3.8, 4) is 5.75 Å². The van der Waals surface area contributed by atoms with Gasteiger partial charge >= 0.3 is 0 Å². The Labute approximate surface area is 165 Å². The summed E-state index contributed by atoms with van der Waals surface area (Å²) in [7, 11) is -3.75. The van der Waals surface area contributed by atoms with Gasteiger partial charge in [0.1, 0.15) is 6.61 Å². The summed E-state index contributed by atoms with van der Waals surface area (Å²) in [6.45, 7) is 1.87. The molecule has 0 bridgehead atoms. The van der Waals surface area contributed by atoms with Gasteiger partial charge < -0.3 is 9.84 Å². The molecule has 0 saturated carbocycles. The molecule has 0 aliphatic carbocycles. The number of aryl methyl sites for hydroxylation is 1. The molecule has 6 heteroatoms. The Balaban J connectivity index is 2.04. The normalized spacial score (nSPS) is 11.8. The Morgan fingerprint density at radius 3 is 2.50 bits per heavy atom. The summed E-state index contributed by atoms with van der Waals surface area (Å²) in [6, 6.07) is 18.8. The molecule has 2 N–H and O–H groups in total. The molecule has 3 aromatic rings. The topological polar surface area (TPSA) is 75.6 Å². The zero-order chi connectivity index (χ0) is 20.0. The molecule has 0 aliphatic rings. The van der Waals surface area contributed by atoms with E-state index in [2.05, 4.69) is 4.72 Å². The fourth-order valence-corrected chi connectivity index (χ4v) is 3.88. The van der Waals surface area contributed by atoms with Crippen LogP contribution in [0, 0.1) is 0 Å². The van der Waals surface area contributed by atoms with E-state index in [1.54, 1.807) is 6.08 Å². The van der Waals surface area contributed by atoms with Gasteiger partial charge in [-0.15, -0.1) is 0 Å². The third kappa shape index (κ3) is 4.71. The van der Waals surface area contributed by atoms with Crippen LogP contribution in [0.3, 0.4) is 0 Å². The number of aliphatic hydroxyl groups is 1. The van der Waals surface area contributed by atoms with Crippen molar-refractivity contribution < 1.29 is 18.3 Å². The van der Waals surface area contributed by atoms with E-state index in [1.807, 2.05) is 67.6 Å². The lowest BCUT2D eigenvalue weighted by atomic mass is 10.0. The van der Waals surface area contributed by atoms with Gasteiger partial charge in [0.2, 0.25) is 0 Å². The van der Waals surface area contributed by atoms with E-state index in [9.17, 15) is 13.5 Å². The summed E-state index contributed by atoms with van der Waals surface area (Å²) >= 11 is 0. The minimum Gasteiger partial charge on any atom is -0.488 e. The Hall–Kier alpha value is -2.83. The van der Waals surface area contributed by atoms with E-state index in [0.717, 1.165) is 27.3 Å². The average Bonchev–Trinajstić information content (AvgIpc) is 2.71. The highest BCUT2D eigenvalue weighted by Gasteiger charge is 2.18. The first kappa shape index (κ1) is 19.9. The van der Waals surface area contributed by atoms with Crippen LogP contribution in [-0.2, 0) is 16.4 Å². The highest BCUT2D eigenvalue weighted by atomic mass is 32.2. The predicted octanol–water partition coefficient (Wildman–Crippen LogP) is 4.19. The molecular weight excluding hydrogens is 374 g/mol. The molecule has 3 rings (SSSR count). The van der Waals surface area contributed by atoms with Gasteiger partial charge in [-0.2, -0.15) is 0 Å². The van der Waals surface area contributed by atoms with Gasteiger partial charge in [0.05, 0.1) is 17.7 Å². The predicted molar refractivity (Wildman–Crippen MR) is 114 cm³/mol. The molecule has 0 aliphatic heterocycles. The fourth-order valence-electron chi connectivity index (χ4n) is 2.97. The van der Waals surface area contributed by atoms with Gasteiger partial charge in [-0.1, -0.05) is 61.5 Å². The van der Waals surface area contributed by atoms with Crippen molar-refractivity contribution >= 4 is 32.6 Å². The summed E-state index contributed by atoms with van der Waals surface area (Å²) in [5.74, 6) is 0.431. The Morgan fingerprint density at radius 1 is 1.07 bits per heavy atom. The second-order valence-corrected chi connectivity index (χ2v) is 7.81. The highest BCUT2D eigenvalue weighted by Crippen LogP contribution is 2.38. The first-order valence-electron chi connectivity index (χ1n) is 9.08. The Kier molecular flexibility index (Phi) is 6.34. The molecule has 0 amide bonds. The van der Waals surface area contributed by atoms with Gasteiger partial charge in [0.15, 0.2) is 5.75 Å². The fraction of sp³-hybridized carbons (Fsp3) is 0.182. The molecule has 0 fully saturated rings. The van der Waals surface area contributed by atoms with Crippen LogP contribution in [0.4, 0.5) is 5.69 Å². The molecule has 28 heavy (non-hydrogen) atoms. The van der Waals surface area contributed by atoms with Crippen molar-refractivity contribution in [1.82, 2.24) is 0 Å². The third-order valence-electron chi connectivity index (χ3n) is 4.29. The molecule has 0 atom stereocenters. The maximum atomic E-state index is 12.7. The SMILES string of the molecule is CCc1cc2ccccc2c(OCCO)c1NS(=O)(=O)C=Cc1ccccc1. The largest absolute Gasteiger partial charge is 0.488 e. The molecule has 0 saturated heterocycles. The zero-order valence-electron chi connectivity index (χ0n) is 15.6. The molecule has 0 heterocycles. The Bertz CT molecular complexity index is 1080. The van der Waals surface area contributed by atoms with Crippen LogP contribution < -0.4 is 9.46 Å². The van der Waals surface area contributed by atoms with Crippen molar-refractivity contribution in [3.63, 3.8) is 0 Å². The van der Waals surface area contributed by atoms with Crippen molar-refractivity contribution in [1.29, 1.82) is 0 Å². The van der Waals surface area contributed by atoms with E-state index in [0.29, 0.717) is 17.9 Å². The molecule has 3 aromatic carbocycles. The first-order chi connectivity index (χ1) is 13.5. The maximum absolute atomic E-state index is 12.7. The zero-order valence-corrected chi connectivity index (χ0v) is 16.4. The third-order valence-corrected chi connectivity index (χ3v) is 5.27. The minimum atomic E-state index is -3.75. The van der Waals surface area contributed by atoms with Crippen molar-refractivity contribution in [2.24, 2.45) is 0 Å². The van der Waals surface area contributed by atoms with E-state index in [-0.39, 0.29) is 13.2 Å². The van der Waals surface area contributed by atoms with Crippen molar-refractivity contribution in [3.05, 3.63) is 77.2 Å². The van der Waals surface area contributed by atoms with Gasteiger partial charge in [-0.05, 0) is 35.1 Å². The lowest BCUT2D eigenvalue weighted by Gasteiger charge is -2.18. The number of aliphatic hydroxyl groups excluding tert-OH is 1. The van der Waals surface area contributed by atoms with Gasteiger partial charge in [0, 0.05) is 5.39 Å². The number of anilines is 1. The van der Waals surface area contributed by atoms with Gasteiger partial charge in [-0.25, -0.2) is 8.42 Å². The van der Waals surface area contributed by atoms with Crippen LogP contribution in [0.5, 0.6) is 5.75 Å². The molecule has 5 nitrogen and oxygen atoms in total. The van der Waals surface area contributed by atoms with E-state index in [1.165, 1.54) is 0 Å². The van der Waals surface area contributed by atoms with Gasteiger partial charge in [0.25, 0.3) is 10.0 Å². The number of sulfonamides is 1. The standard InChI is InChI=1S/C22H23NO4S/c1-2-18-16-19-10-6-7-11-20(19)22(27-14-13-24)21(18)23-28(25,26)15-12-17-8-4-3-5-9-17/h3-12,15-16,23-24H,2,13-14H2,1H3. The number of hydrogen-bond acceptors (Lipinski definition) is 4. The van der Waals surface area contributed by atoms with E-state index >= 15 is 0 Å². The number of hydrogen-bond donors (Lipinski definition) is 2. The summed E-state index contributed by atoms with van der Waals surface area (Å²) in [5, 5.41) is 12.1. The van der Waals surface area contributed by atoms with E-state index < -0.39 is 10.0 Å². The second kappa shape index (κ2) is 8.91. The second-order valence-electron chi connectivity index (χ2n) is 6.25. The van der Waals surface area contributed by atoms with Crippen LogP contribution >= 0.6 is 0 Å². The number of fused-ring (bicyclic) bond motifs is 1. The number of benzene rings is 3. The van der Waals surface area contributed by atoms with Gasteiger partial charge in [-0.3, -0.25) is 4.72 Å². The number of ether oxygens (including phenoxy) is 1. The average molecular weight is 397 g/mol. The summed E-state index contributed by atoms with van der Waals surface area (Å²) in [4.78, 5) is 0.